The quantitative estimate of drug-likeness (QED) is 0.201. The number of benzene rings is 6. The van der Waals surface area contributed by atoms with Gasteiger partial charge in [-0.25, -0.2) is 4.98 Å². The van der Waals surface area contributed by atoms with Gasteiger partial charge in [-0.2, -0.15) is 0 Å². The van der Waals surface area contributed by atoms with Crippen LogP contribution in [-0.2, 0) is 0 Å². The molecule has 2 heterocycles. The van der Waals surface area contributed by atoms with E-state index in [1.165, 1.54) is 32.9 Å². The van der Waals surface area contributed by atoms with Gasteiger partial charge >= 0.3 is 0 Å². The van der Waals surface area contributed by atoms with Crippen LogP contribution in [-0.4, -0.2) is 9.55 Å². The van der Waals surface area contributed by atoms with Crippen molar-refractivity contribution < 1.29 is 0 Å². The molecule has 3 heteroatoms. The second-order valence-electron chi connectivity index (χ2n) is 10.9. The summed E-state index contributed by atoms with van der Waals surface area (Å²) in [5.74, 6) is 0.871. The maximum atomic E-state index is 4.74. The molecule has 6 aromatic carbocycles. The average Bonchev–Trinajstić information content (AvgIpc) is 3.44. The molecule has 0 saturated heterocycles. The largest absolute Gasteiger partial charge is 0.309 e. The summed E-state index contributed by atoms with van der Waals surface area (Å²) in [5.41, 5.74) is 10.4. The van der Waals surface area contributed by atoms with Crippen molar-refractivity contribution in [2.75, 3.05) is 4.90 Å². The van der Waals surface area contributed by atoms with Gasteiger partial charge in [-0.1, -0.05) is 109 Å². The molecule has 8 aromatic rings. The number of rotatable bonds is 6. The smallest absolute Gasteiger partial charge is 0.137 e. The Morgan fingerprint density at radius 3 is 1.70 bits per heavy atom. The second kappa shape index (κ2) is 11.0. The predicted octanol–water partition coefficient (Wildman–Crippen LogP) is 11.0. The molecule has 0 unspecified atom stereocenters. The minimum Gasteiger partial charge on any atom is -0.309 e. The molecule has 0 bridgehead atoms. The zero-order chi connectivity index (χ0) is 29.3. The van der Waals surface area contributed by atoms with E-state index in [9.17, 15) is 0 Å². The average molecular weight is 564 g/mol. The fraction of sp³-hybridized carbons (Fsp3) is 0. The lowest BCUT2D eigenvalue weighted by Gasteiger charge is -2.25. The highest BCUT2D eigenvalue weighted by atomic mass is 15.2. The molecule has 44 heavy (non-hydrogen) atoms. The predicted molar refractivity (Wildman–Crippen MR) is 184 cm³/mol. The molecule has 0 radical (unpaired) electrons. The standard InChI is InChI=1S/C41H29N3/c1-2-12-30(13-3-1)31-23-25-34(26-24-31)43(41-22-8-9-27-42-41)35-16-10-14-32(28-35)33-15-11-17-36(29-33)44-39-20-6-4-18-37(39)38-19-5-7-21-40(38)44/h1-29H. The molecule has 0 fully saturated rings. The van der Waals surface area contributed by atoms with E-state index in [0.29, 0.717) is 0 Å². The van der Waals surface area contributed by atoms with Crippen LogP contribution >= 0.6 is 0 Å². The minimum absolute atomic E-state index is 0.871. The Kier molecular flexibility index (Phi) is 6.47. The molecule has 0 aliphatic carbocycles. The summed E-state index contributed by atoms with van der Waals surface area (Å²) in [5, 5.41) is 2.53. The van der Waals surface area contributed by atoms with E-state index < -0.39 is 0 Å². The highest BCUT2D eigenvalue weighted by Crippen LogP contribution is 2.37. The molecule has 0 saturated carbocycles. The van der Waals surface area contributed by atoms with Gasteiger partial charge in [-0.15, -0.1) is 0 Å². The molecule has 0 N–H and O–H groups in total. The second-order valence-corrected chi connectivity index (χ2v) is 10.9. The van der Waals surface area contributed by atoms with Crippen LogP contribution in [0.2, 0.25) is 0 Å². The van der Waals surface area contributed by atoms with Gasteiger partial charge in [0.05, 0.1) is 11.0 Å². The SMILES string of the molecule is c1ccc(-c2ccc(N(c3cccc(-c4cccc(-n5c6ccccc6c6ccccc65)c4)c3)c3ccccn3)cc2)cc1. The maximum absolute atomic E-state index is 4.74. The fourth-order valence-corrected chi connectivity index (χ4v) is 6.18. The van der Waals surface area contributed by atoms with E-state index in [0.717, 1.165) is 34.0 Å². The van der Waals surface area contributed by atoms with E-state index >= 15 is 0 Å². The van der Waals surface area contributed by atoms with Crippen LogP contribution in [0.5, 0.6) is 0 Å². The van der Waals surface area contributed by atoms with Crippen LogP contribution in [0.25, 0.3) is 49.7 Å². The zero-order valence-corrected chi connectivity index (χ0v) is 24.1. The molecule has 2 aromatic heterocycles. The number of fused-ring (bicyclic) bond motifs is 3. The first-order valence-electron chi connectivity index (χ1n) is 14.9. The summed E-state index contributed by atoms with van der Waals surface area (Å²) in [6, 6.07) is 60.1. The highest BCUT2D eigenvalue weighted by molar-refractivity contribution is 6.09. The van der Waals surface area contributed by atoms with Gasteiger partial charge in [0.25, 0.3) is 0 Å². The highest BCUT2D eigenvalue weighted by Gasteiger charge is 2.16. The number of hydrogen-bond acceptors (Lipinski definition) is 2. The number of pyridine rings is 1. The van der Waals surface area contributed by atoms with Crippen LogP contribution in [0.3, 0.4) is 0 Å². The zero-order valence-electron chi connectivity index (χ0n) is 24.1. The van der Waals surface area contributed by atoms with Gasteiger partial charge in [0, 0.05) is 34.0 Å². The lowest BCUT2D eigenvalue weighted by Crippen LogP contribution is -2.11. The Bertz CT molecular complexity index is 2160. The Morgan fingerprint density at radius 1 is 0.409 bits per heavy atom. The summed E-state index contributed by atoms with van der Waals surface area (Å²) < 4.78 is 2.37. The summed E-state index contributed by atoms with van der Waals surface area (Å²) in [7, 11) is 0. The third kappa shape index (κ3) is 4.61. The Hall–Kier alpha value is -5.93. The van der Waals surface area contributed by atoms with Crippen molar-refractivity contribution in [2.24, 2.45) is 0 Å². The monoisotopic (exact) mass is 563 g/mol. The fourth-order valence-electron chi connectivity index (χ4n) is 6.18. The van der Waals surface area contributed by atoms with E-state index in [2.05, 4.69) is 161 Å². The molecule has 8 rings (SSSR count). The number of nitrogens with zero attached hydrogens (tertiary/aromatic N) is 3. The maximum Gasteiger partial charge on any atom is 0.137 e. The van der Waals surface area contributed by atoms with Crippen LogP contribution in [0.1, 0.15) is 0 Å². The van der Waals surface area contributed by atoms with Crippen molar-refractivity contribution in [3.8, 4) is 27.9 Å². The minimum atomic E-state index is 0.871. The lowest BCUT2D eigenvalue weighted by molar-refractivity contribution is 1.18. The van der Waals surface area contributed by atoms with Crippen LogP contribution < -0.4 is 4.90 Å². The topological polar surface area (TPSA) is 21.1 Å². The summed E-state index contributed by atoms with van der Waals surface area (Å²) in [4.78, 5) is 6.96. The first kappa shape index (κ1) is 25.8. The molecule has 0 aliphatic heterocycles. The van der Waals surface area contributed by atoms with Crippen molar-refractivity contribution in [2.45, 2.75) is 0 Å². The Morgan fingerprint density at radius 2 is 1.00 bits per heavy atom. The lowest BCUT2D eigenvalue weighted by atomic mass is 10.0. The molecule has 208 valence electrons. The molecule has 0 atom stereocenters. The van der Waals surface area contributed by atoms with Gasteiger partial charge < -0.3 is 4.57 Å². The molecule has 3 nitrogen and oxygen atoms in total. The number of aromatic nitrogens is 2. The van der Waals surface area contributed by atoms with Gasteiger partial charge in [0.1, 0.15) is 5.82 Å². The van der Waals surface area contributed by atoms with Crippen LogP contribution in [0.15, 0.2) is 176 Å². The molecule has 0 spiro atoms. The van der Waals surface area contributed by atoms with Gasteiger partial charge in [-0.05, 0) is 82.9 Å². The third-order valence-corrected chi connectivity index (χ3v) is 8.23. The van der Waals surface area contributed by atoms with Gasteiger partial charge in [0.2, 0.25) is 0 Å². The number of para-hydroxylation sites is 2. The van der Waals surface area contributed by atoms with Crippen molar-refractivity contribution in [1.29, 1.82) is 0 Å². The van der Waals surface area contributed by atoms with Gasteiger partial charge in [0.15, 0.2) is 0 Å². The van der Waals surface area contributed by atoms with Crippen molar-refractivity contribution in [3.05, 3.63) is 176 Å². The van der Waals surface area contributed by atoms with E-state index in [1.54, 1.807) is 0 Å². The van der Waals surface area contributed by atoms with Crippen molar-refractivity contribution in [3.63, 3.8) is 0 Å². The summed E-state index contributed by atoms with van der Waals surface area (Å²) in [6.45, 7) is 0. The molecule has 0 aliphatic rings. The first-order chi connectivity index (χ1) is 21.8. The van der Waals surface area contributed by atoms with Crippen molar-refractivity contribution >= 4 is 39.0 Å². The summed E-state index contributed by atoms with van der Waals surface area (Å²) >= 11 is 0. The van der Waals surface area contributed by atoms with E-state index in [1.807, 2.05) is 24.4 Å². The first-order valence-corrected chi connectivity index (χ1v) is 14.9. The number of anilines is 3. The number of hydrogen-bond donors (Lipinski definition) is 0. The van der Waals surface area contributed by atoms with E-state index in [-0.39, 0.29) is 0 Å². The Balaban J connectivity index is 1.22. The van der Waals surface area contributed by atoms with Crippen molar-refractivity contribution in [1.82, 2.24) is 9.55 Å². The van der Waals surface area contributed by atoms with Gasteiger partial charge in [-0.3, -0.25) is 4.90 Å². The summed E-state index contributed by atoms with van der Waals surface area (Å²) in [6.07, 6.45) is 1.85. The van der Waals surface area contributed by atoms with Crippen LogP contribution in [0.4, 0.5) is 17.2 Å². The Labute approximate surface area is 256 Å². The molecular weight excluding hydrogens is 534 g/mol. The molecular formula is C41H29N3. The molecule has 0 amide bonds. The van der Waals surface area contributed by atoms with Crippen LogP contribution in [0, 0.1) is 0 Å². The van der Waals surface area contributed by atoms with E-state index in [4.69, 9.17) is 4.98 Å². The third-order valence-electron chi connectivity index (χ3n) is 8.23. The normalized spacial score (nSPS) is 11.2.